The van der Waals surface area contributed by atoms with Gasteiger partial charge in [0, 0.05) is 37.1 Å². The molecule has 3 rings (SSSR count). The number of hydrogen-bond donors (Lipinski definition) is 0. The number of carbonyl (C=O) groups excluding carboxylic acids is 2. The average molecular weight is 459 g/mol. The van der Waals surface area contributed by atoms with Crippen LogP contribution in [-0.4, -0.2) is 53.9 Å². The number of nitrogens with zero attached hydrogens (tertiary/aromatic N) is 2. The maximum Gasteiger partial charge on any atom is 0.263 e. The Kier molecular flexibility index (Phi) is 7.69. The summed E-state index contributed by atoms with van der Waals surface area (Å²) in [5.41, 5.74) is 1.26. The van der Waals surface area contributed by atoms with E-state index in [9.17, 15) is 9.59 Å². The van der Waals surface area contributed by atoms with Gasteiger partial charge in [0.2, 0.25) is 5.91 Å². The highest BCUT2D eigenvalue weighted by Gasteiger charge is 2.27. The van der Waals surface area contributed by atoms with Crippen LogP contribution in [0.15, 0.2) is 59.1 Å². The number of rotatable bonds is 7. The molecule has 1 aliphatic heterocycles. The van der Waals surface area contributed by atoms with Crippen LogP contribution in [0.2, 0.25) is 0 Å². The molecule has 154 valence electrons. The first kappa shape index (κ1) is 21.4. The van der Waals surface area contributed by atoms with E-state index in [2.05, 4.69) is 28.1 Å². The second-order valence-corrected chi connectivity index (χ2v) is 8.17. The molecular weight excluding hydrogens is 432 g/mol. The molecule has 1 atom stereocenters. The zero-order valence-electron chi connectivity index (χ0n) is 16.7. The molecular formula is C23H27BrN2O3. The van der Waals surface area contributed by atoms with E-state index in [1.54, 1.807) is 11.8 Å². The average Bonchev–Trinajstić information content (AvgIpc) is 2.75. The van der Waals surface area contributed by atoms with Gasteiger partial charge in [-0.05, 0) is 49.6 Å². The third-order valence-electron chi connectivity index (χ3n) is 5.12. The maximum absolute atomic E-state index is 12.7. The molecule has 1 aliphatic rings. The van der Waals surface area contributed by atoms with E-state index in [-0.39, 0.29) is 11.8 Å². The van der Waals surface area contributed by atoms with Gasteiger partial charge in [0.25, 0.3) is 5.91 Å². The Labute approximate surface area is 180 Å². The second kappa shape index (κ2) is 10.4. The summed E-state index contributed by atoms with van der Waals surface area (Å²) in [6.45, 7) is 4.04. The van der Waals surface area contributed by atoms with Crippen LogP contribution in [0, 0.1) is 0 Å². The van der Waals surface area contributed by atoms with E-state index < -0.39 is 6.10 Å². The van der Waals surface area contributed by atoms with Gasteiger partial charge in [-0.2, -0.15) is 0 Å². The summed E-state index contributed by atoms with van der Waals surface area (Å²) in [4.78, 5) is 28.8. The Bertz CT molecular complexity index is 803. The molecule has 1 heterocycles. The van der Waals surface area contributed by atoms with Crippen molar-refractivity contribution >= 4 is 27.7 Å². The molecule has 0 aromatic heterocycles. The summed E-state index contributed by atoms with van der Waals surface area (Å²) in [5, 5.41) is 0. The Morgan fingerprint density at radius 2 is 1.59 bits per heavy atom. The van der Waals surface area contributed by atoms with E-state index in [0.717, 1.165) is 17.3 Å². The number of halogens is 1. The van der Waals surface area contributed by atoms with Gasteiger partial charge >= 0.3 is 0 Å². The summed E-state index contributed by atoms with van der Waals surface area (Å²) >= 11 is 3.38. The topological polar surface area (TPSA) is 49.9 Å². The van der Waals surface area contributed by atoms with Gasteiger partial charge in [0.05, 0.1) is 0 Å². The molecule has 29 heavy (non-hydrogen) atoms. The molecule has 5 nitrogen and oxygen atoms in total. The fourth-order valence-corrected chi connectivity index (χ4v) is 3.71. The summed E-state index contributed by atoms with van der Waals surface area (Å²) in [6, 6.07) is 17.7. The Hall–Kier alpha value is -2.34. The van der Waals surface area contributed by atoms with Gasteiger partial charge in [-0.25, -0.2) is 0 Å². The van der Waals surface area contributed by atoms with Crippen molar-refractivity contribution in [2.24, 2.45) is 0 Å². The fraction of sp³-hybridized carbons (Fsp3) is 0.391. The molecule has 0 radical (unpaired) electrons. The zero-order valence-corrected chi connectivity index (χ0v) is 18.3. The number of carbonyl (C=O) groups is 2. The van der Waals surface area contributed by atoms with Crippen LogP contribution < -0.4 is 4.74 Å². The zero-order chi connectivity index (χ0) is 20.6. The number of aryl methyl sites for hydroxylation is 1. The van der Waals surface area contributed by atoms with Crippen LogP contribution in [0.5, 0.6) is 5.75 Å². The molecule has 2 aromatic rings. The lowest BCUT2D eigenvalue weighted by molar-refractivity contribution is -0.143. The second-order valence-electron chi connectivity index (χ2n) is 7.26. The van der Waals surface area contributed by atoms with Crippen LogP contribution in [0.1, 0.15) is 25.3 Å². The van der Waals surface area contributed by atoms with Crippen LogP contribution in [0.3, 0.4) is 0 Å². The van der Waals surface area contributed by atoms with Crippen molar-refractivity contribution in [3.63, 3.8) is 0 Å². The van der Waals surface area contributed by atoms with Gasteiger partial charge in [0.1, 0.15) is 5.75 Å². The van der Waals surface area contributed by atoms with Crippen LogP contribution in [0.25, 0.3) is 0 Å². The predicted octanol–water partition coefficient (Wildman–Crippen LogP) is 3.91. The maximum atomic E-state index is 12.7. The summed E-state index contributed by atoms with van der Waals surface area (Å²) in [5.74, 6) is 0.803. The SMILES string of the molecule is CC(Oc1ccc(Br)cc1)C(=O)N1CCN(C(=O)CCCc2ccccc2)CC1. The highest BCUT2D eigenvalue weighted by Crippen LogP contribution is 2.18. The molecule has 6 heteroatoms. The largest absolute Gasteiger partial charge is 0.481 e. The summed E-state index contributed by atoms with van der Waals surface area (Å²) in [6.07, 6.45) is 1.76. The van der Waals surface area contributed by atoms with Crippen LogP contribution in [-0.2, 0) is 16.0 Å². The van der Waals surface area contributed by atoms with E-state index in [4.69, 9.17) is 4.74 Å². The smallest absolute Gasteiger partial charge is 0.263 e. The Balaban J connectivity index is 1.40. The van der Waals surface area contributed by atoms with E-state index in [1.807, 2.05) is 47.4 Å². The van der Waals surface area contributed by atoms with E-state index in [0.29, 0.717) is 38.3 Å². The molecule has 0 bridgehead atoms. The molecule has 0 aliphatic carbocycles. The van der Waals surface area contributed by atoms with E-state index in [1.165, 1.54) is 5.56 Å². The van der Waals surface area contributed by atoms with E-state index >= 15 is 0 Å². The molecule has 0 N–H and O–H groups in total. The molecule has 2 amide bonds. The minimum absolute atomic E-state index is 0.0379. The molecule has 2 aromatic carbocycles. The molecule has 0 saturated carbocycles. The number of benzene rings is 2. The first-order chi connectivity index (χ1) is 14.0. The third-order valence-corrected chi connectivity index (χ3v) is 5.65. The molecule has 0 spiro atoms. The lowest BCUT2D eigenvalue weighted by Crippen LogP contribution is -2.53. The lowest BCUT2D eigenvalue weighted by Gasteiger charge is -2.36. The third kappa shape index (κ3) is 6.32. The lowest BCUT2D eigenvalue weighted by atomic mass is 10.1. The first-order valence-corrected chi connectivity index (χ1v) is 10.8. The minimum atomic E-state index is -0.552. The number of amides is 2. The van der Waals surface area contributed by atoms with Gasteiger partial charge in [0.15, 0.2) is 6.10 Å². The van der Waals surface area contributed by atoms with Crippen molar-refractivity contribution in [2.75, 3.05) is 26.2 Å². The predicted molar refractivity (Wildman–Crippen MR) is 117 cm³/mol. The van der Waals surface area contributed by atoms with Crippen molar-refractivity contribution in [3.8, 4) is 5.75 Å². The standard InChI is InChI=1S/C23H27BrN2O3/c1-18(29-21-12-10-20(24)11-13-21)23(28)26-16-14-25(15-17-26)22(27)9-5-8-19-6-3-2-4-7-19/h2-4,6-7,10-13,18H,5,8-9,14-17H2,1H3. The molecule has 1 saturated heterocycles. The van der Waals surface area contributed by atoms with Gasteiger partial charge < -0.3 is 14.5 Å². The van der Waals surface area contributed by atoms with Crippen molar-refractivity contribution < 1.29 is 14.3 Å². The van der Waals surface area contributed by atoms with Gasteiger partial charge in [-0.15, -0.1) is 0 Å². The quantitative estimate of drug-likeness (QED) is 0.631. The Morgan fingerprint density at radius 1 is 0.966 bits per heavy atom. The Morgan fingerprint density at radius 3 is 2.24 bits per heavy atom. The van der Waals surface area contributed by atoms with Crippen molar-refractivity contribution in [1.82, 2.24) is 9.80 Å². The van der Waals surface area contributed by atoms with Crippen molar-refractivity contribution in [3.05, 3.63) is 64.6 Å². The monoisotopic (exact) mass is 458 g/mol. The number of piperazine rings is 1. The molecule has 1 unspecified atom stereocenters. The first-order valence-electron chi connectivity index (χ1n) is 10.1. The van der Waals surface area contributed by atoms with Crippen LogP contribution in [0.4, 0.5) is 0 Å². The van der Waals surface area contributed by atoms with Gasteiger partial charge in [-0.3, -0.25) is 9.59 Å². The van der Waals surface area contributed by atoms with Crippen molar-refractivity contribution in [2.45, 2.75) is 32.3 Å². The summed E-state index contributed by atoms with van der Waals surface area (Å²) < 4.78 is 6.73. The number of hydrogen-bond acceptors (Lipinski definition) is 3. The fourth-order valence-electron chi connectivity index (χ4n) is 3.45. The molecule has 1 fully saturated rings. The highest BCUT2D eigenvalue weighted by atomic mass is 79.9. The highest BCUT2D eigenvalue weighted by molar-refractivity contribution is 9.10. The van der Waals surface area contributed by atoms with Gasteiger partial charge in [-0.1, -0.05) is 46.3 Å². The van der Waals surface area contributed by atoms with Crippen molar-refractivity contribution in [1.29, 1.82) is 0 Å². The number of ether oxygens (including phenoxy) is 1. The normalized spacial score (nSPS) is 15.1. The minimum Gasteiger partial charge on any atom is -0.481 e. The summed E-state index contributed by atoms with van der Waals surface area (Å²) in [7, 11) is 0. The van der Waals surface area contributed by atoms with Crippen LogP contribution >= 0.6 is 15.9 Å².